The molecule has 0 aromatic heterocycles. The summed E-state index contributed by atoms with van der Waals surface area (Å²) in [5.74, 6) is -0.624. The van der Waals surface area contributed by atoms with E-state index >= 15 is 0 Å². The van der Waals surface area contributed by atoms with E-state index in [2.05, 4.69) is 0 Å². The second kappa shape index (κ2) is 4.12. The summed E-state index contributed by atoms with van der Waals surface area (Å²) >= 11 is 0. The van der Waals surface area contributed by atoms with Gasteiger partial charge in [0.15, 0.2) is 11.5 Å². The molecule has 82 valence electrons. The minimum atomic E-state index is -0.353. The topological polar surface area (TPSA) is 63.9 Å². The van der Waals surface area contributed by atoms with Gasteiger partial charge in [-0.25, -0.2) is 5.06 Å². The lowest BCUT2D eigenvalue weighted by Gasteiger charge is -2.18. The van der Waals surface area contributed by atoms with Gasteiger partial charge in [-0.1, -0.05) is 24.3 Å². The Morgan fingerprint density at radius 2 is 1.50 bits per heavy atom. The lowest BCUT2D eigenvalue weighted by molar-refractivity contribution is 0.294. The first-order valence-electron chi connectivity index (χ1n) is 4.75. The highest BCUT2D eigenvalue weighted by Crippen LogP contribution is 2.37. The van der Waals surface area contributed by atoms with E-state index in [1.54, 1.807) is 24.3 Å². The van der Waals surface area contributed by atoms with Crippen LogP contribution in [0.5, 0.6) is 11.5 Å². The Morgan fingerprint density at radius 1 is 0.812 bits per heavy atom. The molecule has 2 rings (SSSR count). The molecule has 0 fully saturated rings. The Hall–Kier alpha value is -2.20. The molecular weight excluding hydrogens is 206 g/mol. The van der Waals surface area contributed by atoms with Gasteiger partial charge in [0.2, 0.25) is 0 Å². The summed E-state index contributed by atoms with van der Waals surface area (Å²) in [4.78, 5) is 0. The maximum Gasteiger partial charge on any atom is 0.184 e. The first-order chi connectivity index (χ1) is 7.70. The normalized spacial score (nSPS) is 10.1. The number of anilines is 2. The molecule has 0 aliphatic heterocycles. The molecule has 0 saturated carbocycles. The van der Waals surface area contributed by atoms with Crippen molar-refractivity contribution < 1.29 is 15.4 Å². The van der Waals surface area contributed by atoms with Crippen molar-refractivity contribution in [1.82, 2.24) is 0 Å². The molecule has 0 heterocycles. The van der Waals surface area contributed by atoms with Crippen LogP contribution in [0.1, 0.15) is 0 Å². The third kappa shape index (κ3) is 1.78. The van der Waals surface area contributed by atoms with Crippen molar-refractivity contribution in [3.05, 3.63) is 48.5 Å². The largest absolute Gasteiger partial charge is 0.504 e. The molecule has 2 aromatic carbocycles. The molecule has 0 spiro atoms. The molecule has 0 unspecified atom stereocenters. The molecule has 0 radical (unpaired) electrons. The SMILES string of the molecule is Oc1cccc(N(O)c2ccccc2)c1O. The maximum atomic E-state index is 9.86. The van der Waals surface area contributed by atoms with Crippen molar-refractivity contribution in [1.29, 1.82) is 0 Å². The summed E-state index contributed by atoms with van der Waals surface area (Å²) in [6.07, 6.45) is 0. The van der Waals surface area contributed by atoms with Gasteiger partial charge in [0.05, 0.1) is 5.69 Å². The highest BCUT2D eigenvalue weighted by Gasteiger charge is 2.12. The minimum absolute atomic E-state index is 0.131. The molecule has 0 bridgehead atoms. The summed E-state index contributed by atoms with van der Waals surface area (Å²) in [6, 6.07) is 13.1. The summed E-state index contributed by atoms with van der Waals surface area (Å²) in [5.41, 5.74) is 0.634. The van der Waals surface area contributed by atoms with Crippen molar-refractivity contribution >= 4 is 11.4 Å². The van der Waals surface area contributed by atoms with Crippen molar-refractivity contribution in [2.45, 2.75) is 0 Å². The first-order valence-corrected chi connectivity index (χ1v) is 4.75. The van der Waals surface area contributed by atoms with E-state index in [0.29, 0.717) is 5.69 Å². The van der Waals surface area contributed by atoms with Crippen LogP contribution in [-0.2, 0) is 0 Å². The van der Waals surface area contributed by atoms with Gasteiger partial charge in [0, 0.05) is 0 Å². The lowest BCUT2D eigenvalue weighted by Crippen LogP contribution is -2.10. The minimum Gasteiger partial charge on any atom is -0.504 e. The average Bonchev–Trinajstić information content (AvgIpc) is 2.33. The van der Waals surface area contributed by atoms with E-state index in [-0.39, 0.29) is 17.2 Å². The summed E-state index contributed by atoms with van der Waals surface area (Å²) < 4.78 is 0. The van der Waals surface area contributed by atoms with Crippen LogP contribution in [0.15, 0.2) is 48.5 Å². The van der Waals surface area contributed by atoms with Gasteiger partial charge in [-0.3, -0.25) is 5.21 Å². The molecule has 3 N–H and O–H groups in total. The third-order valence-corrected chi connectivity index (χ3v) is 2.22. The Bertz CT molecular complexity index is 485. The average molecular weight is 217 g/mol. The van der Waals surface area contributed by atoms with Crippen LogP contribution >= 0.6 is 0 Å². The van der Waals surface area contributed by atoms with Gasteiger partial charge in [0.1, 0.15) is 5.69 Å². The zero-order valence-electron chi connectivity index (χ0n) is 8.41. The summed E-state index contributed by atoms with van der Waals surface area (Å²) in [6.45, 7) is 0. The van der Waals surface area contributed by atoms with Crippen molar-refractivity contribution in [3.8, 4) is 11.5 Å². The number of rotatable bonds is 2. The van der Waals surface area contributed by atoms with Gasteiger partial charge in [-0.15, -0.1) is 0 Å². The van der Waals surface area contributed by atoms with E-state index in [9.17, 15) is 15.4 Å². The molecule has 0 aliphatic carbocycles. The Balaban J connectivity index is 2.42. The predicted octanol–water partition coefficient (Wildman–Crippen LogP) is 2.63. The van der Waals surface area contributed by atoms with E-state index < -0.39 is 0 Å². The molecule has 0 aliphatic rings. The Kier molecular flexibility index (Phi) is 2.66. The van der Waals surface area contributed by atoms with Crippen LogP contribution < -0.4 is 5.06 Å². The monoisotopic (exact) mass is 217 g/mol. The number of nitrogens with zero attached hydrogens (tertiary/aromatic N) is 1. The van der Waals surface area contributed by atoms with E-state index in [1.807, 2.05) is 6.07 Å². The van der Waals surface area contributed by atoms with Crippen LogP contribution in [0.25, 0.3) is 0 Å². The molecule has 16 heavy (non-hydrogen) atoms. The van der Waals surface area contributed by atoms with Crippen LogP contribution in [0, 0.1) is 0 Å². The molecule has 0 amide bonds. The van der Waals surface area contributed by atoms with Crippen molar-refractivity contribution in [3.63, 3.8) is 0 Å². The van der Waals surface area contributed by atoms with Gasteiger partial charge in [-0.05, 0) is 24.3 Å². The number of hydrogen-bond donors (Lipinski definition) is 3. The number of phenols is 2. The van der Waals surface area contributed by atoms with E-state index in [0.717, 1.165) is 5.06 Å². The van der Waals surface area contributed by atoms with Crippen LogP contribution in [0.2, 0.25) is 0 Å². The predicted molar refractivity (Wildman–Crippen MR) is 60.1 cm³/mol. The van der Waals surface area contributed by atoms with Gasteiger partial charge in [-0.2, -0.15) is 0 Å². The highest BCUT2D eigenvalue weighted by atomic mass is 16.5. The third-order valence-electron chi connectivity index (χ3n) is 2.22. The summed E-state index contributed by atoms with van der Waals surface area (Å²) in [7, 11) is 0. The van der Waals surface area contributed by atoms with Gasteiger partial charge < -0.3 is 10.2 Å². The van der Waals surface area contributed by atoms with E-state index in [1.165, 1.54) is 18.2 Å². The second-order valence-corrected chi connectivity index (χ2v) is 3.29. The quantitative estimate of drug-likeness (QED) is 0.534. The smallest absolute Gasteiger partial charge is 0.184 e. The van der Waals surface area contributed by atoms with Crippen molar-refractivity contribution in [2.75, 3.05) is 5.06 Å². The number of benzene rings is 2. The molecular formula is C12H11NO3. The fourth-order valence-electron chi connectivity index (χ4n) is 1.40. The number of aromatic hydroxyl groups is 2. The standard InChI is InChI=1S/C12H11NO3/c14-11-8-4-7-10(12(11)15)13(16)9-5-2-1-3-6-9/h1-8,14-16H. The first kappa shape index (κ1) is 10.3. The Morgan fingerprint density at radius 3 is 2.19 bits per heavy atom. The molecule has 0 saturated heterocycles. The van der Waals surface area contributed by atoms with Crippen LogP contribution in [-0.4, -0.2) is 15.4 Å². The zero-order valence-corrected chi connectivity index (χ0v) is 8.41. The number of phenolic OH excluding ortho intramolecular Hbond substituents is 2. The molecule has 2 aromatic rings. The fraction of sp³-hybridized carbons (Fsp3) is 0. The fourth-order valence-corrected chi connectivity index (χ4v) is 1.40. The highest BCUT2D eigenvalue weighted by molar-refractivity contribution is 5.69. The Labute approximate surface area is 92.6 Å². The lowest BCUT2D eigenvalue weighted by atomic mass is 10.2. The number of para-hydroxylation sites is 2. The zero-order chi connectivity index (χ0) is 11.5. The number of hydrogen-bond acceptors (Lipinski definition) is 4. The van der Waals surface area contributed by atoms with Gasteiger partial charge >= 0.3 is 0 Å². The van der Waals surface area contributed by atoms with Crippen molar-refractivity contribution in [2.24, 2.45) is 0 Å². The maximum absolute atomic E-state index is 9.86. The molecule has 4 nitrogen and oxygen atoms in total. The van der Waals surface area contributed by atoms with Crippen LogP contribution in [0.3, 0.4) is 0 Å². The van der Waals surface area contributed by atoms with Crippen LogP contribution in [0.4, 0.5) is 11.4 Å². The van der Waals surface area contributed by atoms with E-state index in [4.69, 9.17) is 0 Å². The molecule has 0 atom stereocenters. The second-order valence-electron chi connectivity index (χ2n) is 3.29. The van der Waals surface area contributed by atoms with Gasteiger partial charge in [0.25, 0.3) is 0 Å². The molecule has 4 heteroatoms. The summed E-state index contributed by atoms with van der Waals surface area (Å²) in [5, 5.41) is 29.6.